The van der Waals surface area contributed by atoms with Gasteiger partial charge < -0.3 is 4.90 Å². The number of rotatable bonds is 5. The third-order valence-corrected chi connectivity index (χ3v) is 5.70. The zero-order valence-electron chi connectivity index (χ0n) is 14.8. The number of nitrogens with zero attached hydrogens (tertiary/aromatic N) is 4. The van der Waals surface area contributed by atoms with Gasteiger partial charge in [-0.2, -0.15) is 5.10 Å². The second-order valence-electron chi connectivity index (χ2n) is 6.74. The van der Waals surface area contributed by atoms with Crippen LogP contribution in [0.5, 0.6) is 0 Å². The molecular formula is C18H26N4OS. The molecule has 6 heteroatoms. The van der Waals surface area contributed by atoms with Gasteiger partial charge in [0.15, 0.2) is 0 Å². The molecular weight excluding hydrogens is 320 g/mol. The average Bonchev–Trinajstić information content (AvgIpc) is 3.13. The van der Waals surface area contributed by atoms with Crippen LogP contribution >= 0.6 is 11.3 Å². The van der Waals surface area contributed by atoms with Crippen molar-refractivity contribution < 1.29 is 4.79 Å². The van der Waals surface area contributed by atoms with Gasteiger partial charge in [0.1, 0.15) is 0 Å². The Morgan fingerprint density at radius 2 is 2.21 bits per heavy atom. The number of hydrogen-bond donors (Lipinski definition) is 0. The second kappa shape index (κ2) is 7.47. The first-order valence-electron chi connectivity index (χ1n) is 8.74. The maximum atomic E-state index is 12.5. The summed E-state index contributed by atoms with van der Waals surface area (Å²) in [4.78, 5) is 20.3. The molecule has 3 rings (SSSR count). The van der Waals surface area contributed by atoms with Crippen molar-refractivity contribution in [3.05, 3.63) is 33.5 Å². The summed E-state index contributed by atoms with van der Waals surface area (Å²) in [5.41, 5.74) is 2.20. The van der Waals surface area contributed by atoms with E-state index in [4.69, 9.17) is 0 Å². The van der Waals surface area contributed by atoms with E-state index in [0.717, 1.165) is 50.3 Å². The Kier molecular flexibility index (Phi) is 5.33. The van der Waals surface area contributed by atoms with Crippen molar-refractivity contribution in [2.75, 3.05) is 13.1 Å². The summed E-state index contributed by atoms with van der Waals surface area (Å²) in [5.74, 6) is 0.687. The van der Waals surface area contributed by atoms with Crippen molar-refractivity contribution in [1.82, 2.24) is 19.7 Å². The Hall–Kier alpha value is -1.69. The molecule has 0 aromatic carbocycles. The van der Waals surface area contributed by atoms with E-state index < -0.39 is 0 Å². The molecule has 0 aliphatic carbocycles. The fraction of sp³-hybridized carbons (Fsp3) is 0.611. The highest BCUT2D eigenvalue weighted by atomic mass is 32.1. The van der Waals surface area contributed by atoms with E-state index in [1.807, 2.05) is 22.7 Å². The van der Waals surface area contributed by atoms with Crippen LogP contribution in [0.15, 0.2) is 12.3 Å². The fourth-order valence-electron chi connectivity index (χ4n) is 3.41. The first-order valence-corrected chi connectivity index (χ1v) is 9.55. The van der Waals surface area contributed by atoms with E-state index in [2.05, 4.69) is 30.0 Å². The molecule has 2 aromatic heterocycles. The highest BCUT2D eigenvalue weighted by molar-refractivity contribution is 7.11. The van der Waals surface area contributed by atoms with Crippen LogP contribution in [0.4, 0.5) is 0 Å². The quantitative estimate of drug-likeness (QED) is 0.833. The van der Waals surface area contributed by atoms with Gasteiger partial charge in [-0.3, -0.25) is 9.48 Å². The predicted molar refractivity (Wildman–Crippen MR) is 96.3 cm³/mol. The van der Waals surface area contributed by atoms with E-state index in [9.17, 15) is 4.79 Å². The summed E-state index contributed by atoms with van der Waals surface area (Å²) in [7, 11) is 0. The monoisotopic (exact) mass is 346 g/mol. The summed E-state index contributed by atoms with van der Waals surface area (Å²) in [5, 5.41) is 5.65. The standard InChI is InChI=1S/C18H26N4OS/c1-13-10-14(2)22(20-13)9-5-7-17(23)21-8-4-6-16(12-21)18-19-11-15(3)24-18/h10-11,16H,4-9,12H2,1-3H3. The summed E-state index contributed by atoms with van der Waals surface area (Å²) < 4.78 is 2.00. The van der Waals surface area contributed by atoms with Crippen LogP contribution in [0.3, 0.4) is 0 Å². The molecule has 1 atom stereocenters. The largest absolute Gasteiger partial charge is 0.342 e. The van der Waals surface area contributed by atoms with Gasteiger partial charge in [-0.05, 0) is 46.1 Å². The van der Waals surface area contributed by atoms with Crippen molar-refractivity contribution in [1.29, 1.82) is 0 Å². The van der Waals surface area contributed by atoms with Gasteiger partial charge in [-0.1, -0.05) is 0 Å². The van der Waals surface area contributed by atoms with Gasteiger partial charge in [0.2, 0.25) is 5.91 Å². The van der Waals surface area contributed by atoms with Crippen LogP contribution in [-0.2, 0) is 11.3 Å². The molecule has 2 aromatic rings. The lowest BCUT2D eigenvalue weighted by Gasteiger charge is -2.32. The molecule has 1 fully saturated rings. The molecule has 0 spiro atoms. The first-order chi connectivity index (χ1) is 11.5. The molecule has 5 nitrogen and oxygen atoms in total. The van der Waals surface area contributed by atoms with Crippen LogP contribution < -0.4 is 0 Å². The van der Waals surface area contributed by atoms with E-state index in [0.29, 0.717) is 12.3 Å². The highest BCUT2D eigenvalue weighted by Crippen LogP contribution is 2.30. The van der Waals surface area contributed by atoms with Crippen molar-refractivity contribution in [2.24, 2.45) is 0 Å². The number of carbonyl (C=O) groups is 1. The zero-order valence-corrected chi connectivity index (χ0v) is 15.6. The van der Waals surface area contributed by atoms with Gasteiger partial charge >= 0.3 is 0 Å². The van der Waals surface area contributed by atoms with E-state index in [1.54, 1.807) is 11.3 Å². The molecule has 1 unspecified atom stereocenters. The number of aromatic nitrogens is 3. The van der Waals surface area contributed by atoms with Crippen LogP contribution in [0.1, 0.15) is 52.9 Å². The molecule has 0 saturated carbocycles. The molecule has 24 heavy (non-hydrogen) atoms. The fourth-order valence-corrected chi connectivity index (χ4v) is 4.31. The normalized spacial score (nSPS) is 18.1. The minimum absolute atomic E-state index is 0.273. The smallest absolute Gasteiger partial charge is 0.222 e. The number of carbonyl (C=O) groups excluding carboxylic acids is 1. The minimum atomic E-state index is 0.273. The maximum Gasteiger partial charge on any atom is 0.222 e. The highest BCUT2D eigenvalue weighted by Gasteiger charge is 2.26. The molecule has 0 bridgehead atoms. The van der Waals surface area contributed by atoms with Gasteiger partial charge in [0.25, 0.3) is 0 Å². The third kappa shape index (κ3) is 4.04. The lowest BCUT2D eigenvalue weighted by Crippen LogP contribution is -2.39. The van der Waals surface area contributed by atoms with Crippen molar-refractivity contribution in [3.8, 4) is 0 Å². The summed E-state index contributed by atoms with van der Waals surface area (Å²) in [6, 6.07) is 2.08. The molecule has 1 aliphatic rings. The Balaban J connectivity index is 1.50. The van der Waals surface area contributed by atoms with E-state index in [-0.39, 0.29) is 5.91 Å². The van der Waals surface area contributed by atoms with Gasteiger partial charge in [0.05, 0.1) is 10.7 Å². The molecule has 130 valence electrons. The molecule has 1 saturated heterocycles. The molecule has 1 aliphatic heterocycles. The molecule has 0 N–H and O–H groups in total. The Morgan fingerprint density at radius 1 is 1.38 bits per heavy atom. The Morgan fingerprint density at radius 3 is 2.88 bits per heavy atom. The topological polar surface area (TPSA) is 51.0 Å². The van der Waals surface area contributed by atoms with Crippen LogP contribution in [0.25, 0.3) is 0 Å². The van der Waals surface area contributed by atoms with Crippen molar-refractivity contribution in [2.45, 2.75) is 58.9 Å². The minimum Gasteiger partial charge on any atom is -0.342 e. The van der Waals surface area contributed by atoms with Crippen molar-refractivity contribution >= 4 is 17.2 Å². The Labute approximate surface area is 147 Å². The molecule has 1 amide bonds. The van der Waals surface area contributed by atoms with Crippen LogP contribution in [0, 0.1) is 20.8 Å². The van der Waals surface area contributed by atoms with Crippen molar-refractivity contribution in [3.63, 3.8) is 0 Å². The average molecular weight is 347 g/mol. The predicted octanol–water partition coefficient (Wildman–Crippen LogP) is 3.45. The van der Waals surface area contributed by atoms with Gasteiger partial charge in [-0.15, -0.1) is 11.3 Å². The second-order valence-corrected chi connectivity index (χ2v) is 8.01. The maximum absolute atomic E-state index is 12.5. The molecule has 0 radical (unpaired) electrons. The summed E-state index contributed by atoms with van der Waals surface area (Å²) in [6.45, 7) is 8.68. The number of aryl methyl sites for hydroxylation is 4. The lowest BCUT2D eigenvalue weighted by molar-refractivity contribution is -0.132. The van der Waals surface area contributed by atoms with Crippen LogP contribution in [0.2, 0.25) is 0 Å². The molecule has 3 heterocycles. The number of thiazole rings is 1. The SMILES string of the molecule is Cc1cc(C)n(CCCC(=O)N2CCCC(c3ncc(C)s3)C2)n1. The van der Waals surface area contributed by atoms with E-state index >= 15 is 0 Å². The lowest BCUT2D eigenvalue weighted by atomic mass is 9.98. The third-order valence-electron chi connectivity index (χ3n) is 4.63. The summed E-state index contributed by atoms with van der Waals surface area (Å²) >= 11 is 1.77. The summed E-state index contributed by atoms with van der Waals surface area (Å²) in [6.07, 6.45) is 5.60. The Bertz CT molecular complexity index is 706. The number of piperidine rings is 1. The first kappa shape index (κ1) is 17.1. The number of hydrogen-bond acceptors (Lipinski definition) is 4. The van der Waals surface area contributed by atoms with E-state index in [1.165, 1.54) is 9.88 Å². The number of likely N-dealkylation sites (tertiary alicyclic amines) is 1. The van der Waals surface area contributed by atoms with Gasteiger partial charge in [0, 0.05) is 48.7 Å². The number of amides is 1. The van der Waals surface area contributed by atoms with Crippen LogP contribution in [-0.4, -0.2) is 38.7 Å². The van der Waals surface area contributed by atoms with Gasteiger partial charge in [-0.25, -0.2) is 4.98 Å². The zero-order chi connectivity index (χ0) is 17.1.